The fraction of sp³-hybridized carbons (Fsp3) is 0.333. The highest BCUT2D eigenvalue weighted by Crippen LogP contribution is 2.27. The molecule has 29 heavy (non-hydrogen) atoms. The van der Waals surface area contributed by atoms with Crippen LogP contribution >= 0.6 is 0 Å². The minimum Gasteiger partial charge on any atom is -0.492 e. The van der Waals surface area contributed by atoms with Gasteiger partial charge in [-0.25, -0.2) is 0 Å². The number of nitrogens with zero attached hydrogens (tertiary/aromatic N) is 1. The van der Waals surface area contributed by atoms with Crippen LogP contribution in [0.2, 0.25) is 0 Å². The van der Waals surface area contributed by atoms with Crippen molar-refractivity contribution in [1.29, 1.82) is 0 Å². The van der Waals surface area contributed by atoms with Crippen molar-refractivity contribution >= 4 is 11.8 Å². The van der Waals surface area contributed by atoms with E-state index in [9.17, 15) is 14.7 Å². The van der Waals surface area contributed by atoms with Gasteiger partial charge in [-0.3, -0.25) is 14.5 Å². The number of ether oxygens (including phenoxy) is 1. The Kier molecular flexibility index (Phi) is 5.37. The average Bonchev–Trinajstić information content (AvgIpc) is 2.98. The van der Waals surface area contributed by atoms with Gasteiger partial charge in [0.25, 0.3) is 11.8 Å². The van der Waals surface area contributed by atoms with Crippen LogP contribution in [-0.2, 0) is 0 Å². The Labute approximate surface area is 170 Å². The Morgan fingerprint density at radius 1 is 0.966 bits per heavy atom. The van der Waals surface area contributed by atoms with Gasteiger partial charge in [0.2, 0.25) is 0 Å². The molecule has 2 amide bonds. The summed E-state index contributed by atoms with van der Waals surface area (Å²) >= 11 is 0. The summed E-state index contributed by atoms with van der Waals surface area (Å²) in [4.78, 5) is 26.0. The molecule has 2 aromatic rings. The lowest BCUT2D eigenvalue weighted by molar-refractivity contribution is 0.0608. The predicted octanol–water partition coefficient (Wildman–Crippen LogP) is 3.41. The molecule has 1 heterocycles. The van der Waals surface area contributed by atoms with Crippen LogP contribution in [0.15, 0.2) is 48.5 Å². The highest BCUT2D eigenvalue weighted by atomic mass is 16.5. The third kappa shape index (κ3) is 4.18. The highest BCUT2D eigenvalue weighted by molar-refractivity contribution is 6.21. The van der Waals surface area contributed by atoms with Crippen LogP contribution in [0.3, 0.4) is 0 Å². The Balaban J connectivity index is 1.36. The van der Waals surface area contributed by atoms with E-state index in [-0.39, 0.29) is 25.0 Å². The van der Waals surface area contributed by atoms with Crippen LogP contribution in [0, 0.1) is 11.8 Å². The fourth-order valence-corrected chi connectivity index (χ4v) is 3.81. The first kappa shape index (κ1) is 19.2. The van der Waals surface area contributed by atoms with Crippen molar-refractivity contribution in [3.8, 4) is 17.6 Å². The van der Waals surface area contributed by atoms with Gasteiger partial charge in [0, 0.05) is 5.56 Å². The standard InChI is InChI=1S/C24H23NO4/c26-22-20-9-2-3-10-21(20)23(27)25(22)15-16-29-19-8-6-7-18(17-19)11-14-24(28)12-4-1-5-13-24/h2-3,6-10,17,28H,1,4-5,12-13,15-16H2. The number of aliphatic hydroxyl groups is 1. The topological polar surface area (TPSA) is 66.8 Å². The van der Waals surface area contributed by atoms with Crippen LogP contribution in [0.1, 0.15) is 58.4 Å². The van der Waals surface area contributed by atoms with Gasteiger partial charge in [-0.15, -0.1) is 0 Å². The molecule has 1 N–H and O–H groups in total. The van der Waals surface area contributed by atoms with Crippen molar-refractivity contribution in [2.75, 3.05) is 13.2 Å². The minimum atomic E-state index is -0.888. The number of carbonyl (C=O) groups excluding carboxylic acids is 2. The number of amides is 2. The second kappa shape index (κ2) is 8.10. The first-order chi connectivity index (χ1) is 14.1. The number of carbonyl (C=O) groups is 2. The van der Waals surface area contributed by atoms with Gasteiger partial charge in [0.15, 0.2) is 0 Å². The number of rotatable bonds is 4. The predicted molar refractivity (Wildman–Crippen MR) is 109 cm³/mol. The zero-order valence-corrected chi connectivity index (χ0v) is 16.2. The van der Waals surface area contributed by atoms with E-state index in [1.165, 1.54) is 4.90 Å². The second-order valence-corrected chi connectivity index (χ2v) is 7.53. The maximum absolute atomic E-state index is 12.4. The summed E-state index contributed by atoms with van der Waals surface area (Å²) in [6, 6.07) is 14.2. The summed E-state index contributed by atoms with van der Waals surface area (Å²) in [6.07, 6.45) is 4.60. The van der Waals surface area contributed by atoms with Gasteiger partial charge >= 0.3 is 0 Å². The summed E-state index contributed by atoms with van der Waals surface area (Å²) in [7, 11) is 0. The fourth-order valence-electron chi connectivity index (χ4n) is 3.81. The van der Waals surface area contributed by atoms with Crippen LogP contribution in [0.5, 0.6) is 5.75 Å². The third-order valence-electron chi connectivity index (χ3n) is 5.42. The molecule has 5 nitrogen and oxygen atoms in total. The molecule has 1 fully saturated rings. The lowest BCUT2D eigenvalue weighted by atomic mass is 9.85. The maximum Gasteiger partial charge on any atom is 0.261 e. The van der Waals surface area contributed by atoms with E-state index >= 15 is 0 Å². The molecule has 0 atom stereocenters. The SMILES string of the molecule is O=C1c2ccccc2C(=O)N1CCOc1cccc(C#CC2(O)CCCCC2)c1. The summed E-state index contributed by atoms with van der Waals surface area (Å²) in [6.45, 7) is 0.383. The maximum atomic E-state index is 12.4. The molecule has 0 bridgehead atoms. The smallest absolute Gasteiger partial charge is 0.261 e. The molecule has 1 saturated carbocycles. The van der Waals surface area contributed by atoms with Crippen molar-refractivity contribution in [3.63, 3.8) is 0 Å². The largest absolute Gasteiger partial charge is 0.492 e. The van der Waals surface area contributed by atoms with E-state index in [1.807, 2.05) is 24.3 Å². The van der Waals surface area contributed by atoms with E-state index in [4.69, 9.17) is 4.74 Å². The van der Waals surface area contributed by atoms with Gasteiger partial charge in [-0.1, -0.05) is 36.5 Å². The van der Waals surface area contributed by atoms with Gasteiger partial charge in [-0.2, -0.15) is 0 Å². The lowest BCUT2D eigenvalue weighted by Crippen LogP contribution is -2.33. The molecule has 2 aromatic carbocycles. The molecule has 0 saturated heterocycles. The van der Waals surface area contributed by atoms with Crippen LogP contribution in [0.4, 0.5) is 0 Å². The average molecular weight is 389 g/mol. The second-order valence-electron chi connectivity index (χ2n) is 7.53. The van der Waals surface area contributed by atoms with Crippen molar-refractivity contribution in [2.45, 2.75) is 37.7 Å². The lowest BCUT2D eigenvalue weighted by Gasteiger charge is -2.26. The van der Waals surface area contributed by atoms with Crippen molar-refractivity contribution in [1.82, 2.24) is 4.90 Å². The Morgan fingerprint density at radius 2 is 1.66 bits per heavy atom. The Morgan fingerprint density at radius 3 is 2.34 bits per heavy atom. The minimum absolute atomic E-state index is 0.183. The van der Waals surface area contributed by atoms with Crippen molar-refractivity contribution < 1.29 is 19.4 Å². The van der Waals surface area contributed by atoms with Gasteiger partial charge in [-0.05, 0) is 56.0 Å². The van der Waals surface area contributed by atoms with Gasteiger partial charge in [0.05, 0.1) is 17.7 Å². The van der Waals surface area contributed by atoms with E-state index in [0.717, 1.165) is 37.7 Å². The third-order valence-corrected chi connectivity index (χ3v) is 5.42. The summed E-state index contributed by atoms with van der Waals surface area (Å²) in [5.74, 6) is 6.12. The summed E-state index contributed by atoms with van der Waals surface area (Å²) in [5.41, 5.74) is 0.758. The molecule has 4 rings (SSSR count). The highest BCUT2D eigenvalue weighted by Gasteiger charge is 2.34. The number of imide groups is 1. The number of fused-ring (bicyclic) bond motifs is 1. The molecule has 1 aliphatic heterocycles. The molecule has 0 unspecified atom stereocenters. The van der Waals surface area contributed by atoms with Crippen LogP contribution in [0.25, 0.3) is 0 Å². The normalized spacial score (nSPS) is 17.5. The number of hydrogen-bond donors (Lipinski definition) is 1. The molecular formula is C24H23NO4. The molecule has 148 valence electrons. The molecule has 0 aromatic heterocycles. The molecular weight excluding hydrogens is 366 g/mol. The molecule has 2 aliphatic rings. The van der Waals surface area contributed by atoms with Gasteiger partial charge in [0.1, 0.15) is 18.0 Å². The molecule has 0 radical (unpaired) electrons. The first-order valence-electron chi connectivity index (χ1n) is 9.99. The van der Waals surface area contributed by atoms with E-state index < -0.39 is 5.60 Å². The summed E-state index contributed by atoms with van der Waals surface area (Å²) < 4.78 is 5.74. The van der Waals surface area contributed by atoms with E-state index in [1.54, 1.807) is 24.3 Å². The molecule has 1 aliphatic carbocycles. The molecule has 5 heteroatoms. The van der Waals surface area contributed by atoms with Crippen LogP contribution < -0.4 is 4.74 Å². The Bertz CT molecular complexity index is 960. The zero-order valence-electron chi connectivity index (χ0n) is 16.2. The van der Waals surface area contributed by atoms with Crippen LogP contribution in [-0.4, -0.2) is 40.6 Å². The Hall–Kier alpha value is -3.10. The first-order valence-corrected chi connectivity index (χ1v) is 9.99. The quantitative estimate of drug-likeness (QED) is 0.643. The summed E-state index contributed by atoms with van der Waals surface area (Å²) in [5, 5.41) is 10.5. The van der Waals surface area contributed by atoms with Crippen molar-refractivity contribution in [2.24, 2.45) is 0 Å². The number of hydrogen-bond acceptors (Lipinski definition) is 4. The van der Waals surface area contributed by atoms with E-state index in [2.05, 4.69) is 11.8 Å². The zero-order chi connectivity index (χ0) is 20.3. The molecule has 0 spiro atoms. The van der Waals surface area contributed by atoms with E-state index in [0.29, 0.717) is 16.9 Å². The monoisotopic (exact) mass is 389 g/mol. The number of benzene rings is 2. The van der Waals surface area contributed by atoms with Crippen molar-refractivity contribution in [3.05, 3.63) is 65.2 Å². The van der Waals surface area contributed by atoms with Gasteiger partial charge < -0.3 is 9.84 Å².